The third kappa shape index (κ3) is 2.74. The van der Waals surface area contributed by atoms with Gasteiger partial charge in [-0.25, -0.2) is 0 Å². The average Bonchev–Trinajstić information content (AvgIpc) is 2.51. The third-order valence-electron chi connectivity index (χ3n) is 2.76. The molecule has 0 unspecified atom stereocenters. The second kappa shape index (κ2) is 5.19. The predicted molar refractivity (Wildman–Crippen MR) is 64.9 cm³/mol. The Morgan fingerprint density at radius 3 is 2.40 bits per heavy atom. The normalized spacial score (nSPS) is 11.3. The van der Waals surface area contributed by atoms with Gasteiger partial charge < -0.3 is 5.73 Å². The van der Waals surface area contributed by atoms with Crippen LogP contribution >= 0.6 is 0 Å². The van der Waals surface area contributed by atoms with Crippen LogP contribution in [0.3, 0.4) is 0 Å². The topological polar surface area (TPSA) is 43.8 Å². The van der Waals surface area contributed by atoms with Crippen LogP contribution in [0.25, 0.3) is 0 Å². The van der Waals surface area contributed by atoms with E-state index in [1.54, 1.807) is 0 Å². The van der Waals surface area contributed by atoms with Crippen molar-refractivity contribution in [3.05, 3.63) is 11.4 Å². The lowest BCUT2D eigenvalue weighted by Gasteiger charge is -2.08. The fourth-order valence-corrected chi connectivity index (χ4v) is 1.77. The molecule has 0 aliphatic carbocycles. The Labute approximate surface area is 92.7 Å². The molecule has 0 aromatic carbocycles. The van der Waals surface area contributed by atoms with Gasteiger partial charge in [0.25, 0.3) is 0 Å². The molecule has 0 spiro atoms. The number of rotatable bonds is 5. The van der Waals surface area contributed by atoms with E-state index in [9.17, 15) is 0 Å². The Kier molecular flexibility index (Phi) is 4.18. The van der Waals surface area contributed by atoms with E-state index < -0.39 is 0 Å². The maximum Gasteiger partial charge on any atom is 0.0854 e. The van der Waals surface area contributed by atoms with Gasteiger partial charge >= 0.3 is 0 Å². The predicted octanol–water partition coefficient (Wildman–Crippen LogP) is 2.64. The lowest BCUT2D eigenvalue weighted by molar-refractivity contribution is 0.474. The maximum atomic E-state index is 6.05. The van der Waals surface area contributed by atoms with Crippen molar-refractivity contribution >= 4 is 5.69 Å². The number of aryl methyl sites for hydroxylation is 2. The van der Waals surface area contributed by atoms with Gasteiger partial charge in [0.2, 0.25) is 0 Å². The zero-order valence-electron chi connectivity index (χ0n) is 10.4. The molecule has 1 rings (SSSR count). The maximum absolute atomic E-state index is 6.05. The molecule has 0 fully saturated rings. The van der Waals surface area contributed by atoms with Crippen LogP contribution in [0.2, 0.25) is 0 Å². The molecule has 1 aromatic heterocycles. The summed E-state index contributed by atoms with van der Waals surface area (Å²) in [5.41, 5.74) is 9.21. The van der Waals surface area contributed by atoms with Crippen LogP contribution in [-0.4, -0.2) is 9.78 Å². The van der Waals surface area contributed by atoms with Gasteiger partial charge in [0, 0.05) is 6.54 Å². The number of nitrogen functional groups attached to an aromatic ring is 1. The van der Waals surface area contributed by atoms with E-state index in [-0.39, 0.29) is 0 Å². The molecule has 1 heterocycles. The van der Waals surface area contributed by atoms with Crippen LogP contribution in [0.15, 0.2) is 0 Å². The van der Waals surface area contributed by atoms with Crippen molar-refractivity contribution in [2.24, 2.45) is 5.92 Å². The summed E-state index contributed by atoms with van der Waals surface area (Å²) in [5.74, 6) is 0.713. The van der Waals surface area contributed by atoms with Gasteiger partial charge in [-0.05, 0) is 25.2 Å². The van der Waals surface area contributed by atoms with Crippen molar-refractivity contribution in [2.45, 2.75) is 53.5 Å². The number of hydrogen-bond acceptors (Lipinski definition) is 2. The van der Waals surface area contributed by atoms with Crippen molar-refractivity contribution in [1.29, 1.82) is 0 Å². The first-order valence-corrected chi connectivity index (χ1v) is 5.94. The third-order valence-corrected chi connectivity index (χ3v) is 2.76. The number of hydrogen-bond donors (Lipinski definition) is 1. The highest BCUT2D eigenvalue weighted by atomic mass is 15.3. The summed E-state index contributed by atoms with van der Waals surface area (Å²) in [6, 6.07) is 0. The lowest BCUT2D eigenvalue weighted by atomic mass is 10.1. The Balaban J connectivity index is 2.86. The highest BCUT2D eigenvalue weighted by molar-refractivity contribution is 5.48. The summed E-state index contributed by atoms with van der Waals surface area (Å²) in [6.45, 7) is 9.70. The molecule has 3 nitrogen and oxygen atoms in total. The minimum absolute atomic E-state index is 0.713. The minimum Gasteiger partial charge on any atom is -0.396 e. The molecular weight excluding hydrogens is 186 g/mol. The van der Waals surface area contributed by atoms with Gasteiger partial charge in [0.15, 0.2) is 0 Å². The van der Waals surface area contributed by atoms with Crippen molar-refractivity contribution in [1.82, 2.24) is 9.78 Å². The summed E-state index contributed by atoms with van der Waals surface area (Å²) in [7, 11) is 0. The highest BCUT2D eigenvalue weighted by Crippen LogP contribution is 2.19. The standard InChI is InChI=1S/C12H23N3/c1-5-10-12(13)11(6-2)15(14-10)8-7-9(3)4/h9H,5-8,13H2,1-4H3. The van der Waals surface area contributed by atoms with Crippen LogP contribution in [0.5, 0.6) is 0 Å². The second-order valence-corrected chi connectivity index (χ2v) is 4.42. The van der Waals surface area contributed by atoms with Gasteiger partial charge in [0.1, 0.15) is 0 Å². The van der Waals surface area contributed by atoms with E-state index >= 15 is 0 Å². The average molecular weight is 209 g/mol. The summed E-state index contributed by atoms with van der Waals surface area (Å²) in [5, 5.41) is 4.56. The number of nitrogens with zero attached hydrogens (tertiary/aromatic N) is 2. The SMILES string of the molecule is CCc1nn(CCC(C)C)c(CC)c1N. The van der Waals surface area contributed by atoms with E-state index in [1.807, 2.05) is 0 Å². The molecule has 86 valence electrons. The first kappa shape index (κ1) is 12.1. The van der Waals surface area contributed by atoms with Gasteiger partial charge in [-0.1, -0.05) is 27.7 Å². The Morgan fingerprint density at radius 2 is 1.93 bits per heavy atom. The lowest BCUT2D eigenvalue weighted by Crippen LogP contribution is -2.07. The fraction of sp³-hybridized carbons (Fsp3) is 0.750. The van der Waals surface area contributed by atoms with Gasteiger partial charge in [-0.15, -0.1) is 0 Å². The van der Waals surface area contributed by atoms with Crippen molar-refractivity contribution in [3.8, 4) is 0 Å². The molecule has 0 saturated carbocycles. The zero-order valence-corrected chi connectivity index (χ0v) is 10.4. The molecule has 0 saturated heterocycles. The van der Waals surface area contributed by atoms with Crippen molar-refractivity contribution in [2.75, 3.05) is 5.73 Å². The Bertz CT molecular complexity index is 313. The fourth-order valence-electron chi connectivity index (χ4n) is 1.77. The van der Waals surface area contributed by atoms with E-state index in [0.29, 0.717) is 5.92 Å². The van der Waals surface area contributed by atoms with Crippen LogP contribution < -0.4 is 5.73 Å². The number of nitrogens with two attached hydrogens (primary N) is 1. The highest BCUT2D eigenvalue weighted by Gasteiger charge is 2.12. The Morgan fingerprint density at radius 1 is 1.27 bits per heavy atom. The molecule has 0 bridgehead atoms. The molecule has 0 aliphatic rings. The smallest absolute Gasteiger partial charge is 0.0854 e. The van der Waals surface area contributed by atoms with Crippen LogP contribution in [-0.2, 0) is 19.4 Å². The first-order valence-electron chi connectivity index (χ1n) is 5.94. The zero-order chi connectivity index (χ0) is 11.4. The van der Waals surface area contributed by atoms with E-state index in [1.165, 1.54) is 5.69 Å². The van der Waals surface area contributed by atoms with E-state index in [4.69, 9.17) is 5.73 Å². The second-order valence-electron chi connectivity index (χ2n) is 4.42. The molecule has 0 radical (unpaired) electrons. The summed E-state index contributed by atoms with van der Waals surface area (Å²) < 4.78 is 2.09. The van der Waals surface area contributed by atoms with E-state index in [2.05, 4.69) is 37.5 Å². The molecule has 3 heteroatoms. The minimum atomic E-state index is 0.713. The van der Waals surface area contributed by atoms with Crippen LogP contribution in [0, 0.1) is 5.92 Å². The van der Waals surface area contributed by atoms with E-state index in [0.717, 1.165) is 37.2 Å². The van der Waals surface area contributed by atoms with Crippen LogP contribution in [0.1, 0.15) is 45.5 Å². The molecule has 0 amide bonds. The molecule has 0 aliphatic heterocycles. The summed E-state index contributed by atoms with van der Waals surface area (Å²) in [6.07, 6.45) is 3.06. The first-order chi connectivity index (χ1) is 7.10. The molecular formula is C12H23N3. The largest absolute Gasteiger partial charge is 0.396 e. The molecule has 2 N–H and O–H groups in total. The summed E-state index contributed by atoms with van der Waals surface area (Å²) in [4.78, 5) is 0. The quantitative estimate of drug-likeness (QED) is 0.810. The summed E-state index contributed by atoms with van der Waals surface area (Å²) >= 11 is 0. The molecule has 0 atom stereocenters. The van der Waals surface area contributed by atoms with Gasteiger partial charge in [0.05, 0.1) is 17.1 Å². The monoisotopic (exact) mass is 209 g/mol. The van der Waals surface area contributed by atoms with Crippen molar-refractivity contribution in [3.63, 3.8) is 0 Å². The molecule has 1 aromatic rings. The van der Waals surface area contributed by atoms with Crippen molar-refractivity contribution < 1.29 is 0 Å². The van der Waals surface area contributed by atoms with Gasteiger partial charge in [-0.3, -0.25) is 4.68 Å². The van der Waals surface area contributed by atoms with Gasteiger partial charge in [-0.2, -0.15) is 5.10 Å². The Hall–Kier alpha value is -0.990. The number of aromatic nitrogens is 2. The number of anilines is 1. The van der Waals surface area contributed by atoms with Crippen LogP contribution in [0.4, 0.5) is 5.69 Å². The molecule has 15 heavy (non-hydrogen) atoms.